The first-order chi connectivity index (χ1) is 7.54. The van der Waals surface area contributed by atoms with Crippen molar-refractivity contribution in [1.29, 1.82) is 0 Å². The van der Waals surface area contributed by atoms with Gasteiger partial charge in [0.1, 0.15) is 0 Å². The predicted octanol–water partition coefficient (Wildman–Crippen LogP) is -1.13. The molecule has 0 saturated carbocycles. The fourth-order valence-corrected chi connectivity index (χ4v) is 3.49. The van der Waals surface area contributed by atoms with E-state index in [2.05, 4.69) is 72.6 Å². The van der Waals surface area contributed by atoms with E-state index < -0.39 is 8.96 Å². The van der Waals surface area contributed by atoms with Crippen molar-refractivity contribution in [2.24, 2.45) is 5.92 Å². The van der Waals surface area contributed by atoms with Crippen LogP contribution < -0.4 is 24.8 Å². The molecule has 1 nitrogen and oxygen atoms in total. The van der Waals surface area contributed by atoms with Crippen LogP contribution in [0.2, 0.25) is 13.1 Å². The van der Waals surface area contributed by atoms with Gasteiger partial charge >= 0.3 is 21.7 Å². The van der Waals surface area contributed by atoms with Crippen LogP contribution in [-0.4, -0.2) is 14.5 Å². The third kappa shape index (κ3) is 12.7. The van der Waals surface area contributed by atoms with Crippen LogP contribution in [0.25, 0.3) is 4.98 Å². The summed E-state index contributed by atoms with van der Waals surface area (Å²) in [5, 5.41) is 0. The Hall–Kier alpha value is 0.951. The summed E-state index contributed by atoms with van der Waals surface area (Å²) in [4.78, 5) is 4.55. The maximum atomic E-state index is 4.55. The van der Waals surface area contributed by atoms with E-state index in [-0.39, 0.29) is 52.1 Å². The Kier molecular flexibility index (Phi) is 18.1. The van der Waals surface area contributed by atoms with Crippen LogP contribution >= 0.6 is 0 Å². The first kappa shape index (κ1) is 29.0. The number of hydrogen-bond donors (Lipinski definition) is 0. The molecule has 0 N–H and O–H groups in total. The number of halogens is 2. The minimum atomic E-state index is -0.671. The van der Waals surface area contributed by atoms with Crippen LogP contribution in [0.1, 0.15) is 48.5 Å². The first-order valence-corrected chi connectivity index (χ1v) is 9.37. The van der Waals surface area contributed by atoms with Gasteiger partial charge in [-0.25, -0.2) is 5.57 Å². The van der Waals surface area contributed by atoms with E-state index in [0.717, 1.165) is 0 Å². The topological polar surface area (TPSA) is 14.1 Å². The molecule has 0 saturated heterocycles. The number of allylic oxidation sites excluding steroid dienone is 4. The summed E-state index contributed by atoms with van der Waals surface area (Å²) in [5.74, 6) is 0.560. The van der Waals surface area contributed by atoms with Gasteiger partial charge < -0.3 is 29.8 Å². The molecule has 0 fully saturated rings. The summed E-state index contributed by atoms with van der Waals surface area (Å²) >= 11 is 0. The van der Waals surface area contributed by atoms with E-state index in [1.165, 1.54) is 16.7 Å². The van der Waals surface area contributed by atoms with Gasteiger partial charge in [0.25, 0.3) is 0 Å². The summed E-state index contributed by atoms with van der Waals surface area (Å²) in [6, 6.07) is 0. The van der Waals surface area contributed by atoms with Crippen LogP contribution in [0.4, 0.5) is 0 Å². The Labute approximate surface area is 155 Å². The fourth-order valence-electron chi connectivity index (χ4n) is 1.94. The van der Waals surface area contributed by atoms with Gasteiger partial charge in [0.2, 0.25) is 0 Å². The minimum absolute atomic E-state index is 0. The van der Waals surface area contributed by atoms with Crippen molar-refractivity contribution >= 4 is 8.96 Å². The van der Waals surface area contributed by atoms with Crippen molar-refractivity contribution in [2.45, 2.75) is 67.1 Å². The summed E-state index contributed by atoms with van der Waals surface area (Å²) in [6.45, 7) is 19.6. The second-order valence-corrected chi connectivity index (χ2v) is 8.64. The Morgan fingerprint density at radius 2 is 1.45 bits per heavy atom. The Balaban J connectivity index is -0.000000112. The largest absolute Gasteiger partial charge is 4.00 e. The third-order valence-electron chi connectivity index (χ3n) is 2.88. The molecule has 116 valence electrons. The molecule has 0 aromatic carbocycles. The summed E-state index contributed by atoms with van der Waals surface area (Å²) in [6.07, 6.45) is 3.36. The van der Waals surface area contributed by atoms with Gasteiger partial charge in [-0.3, -0.25) is 6.08 Å². The molecule has 0 aromatic heterocycles. The van der Waals surface area contributed by atoms with Crippen molar-refractivity contribution in [2.75, 3.05) is 0 Å². The summed E-state index contributed by atoms with van der Waals surface area (Å²) < 4.78 is 0. The second-order valence-electron chi connectivity index (χ2n) is 6.19. The molecule has 0 spiro atoms. The van der Waals surface area contributed by atoms with Crippen LogP contribution in [0.5, 0.6) is 0 Å². The van der Waals surface area contributed by atoms with E-state index in [9.17, 15) is 0 Å². The molecule has 1 rings (SSSR count). The third-order valence-corrected chi connectivity index (χ3v) is 4.17. The molecule has 1 aliphatic rings. The zero-order valence-electron chi connectivity index (χ0n) is 14.4. The predicted molar refractivity (Wildman–Crippen MR) is 82.0 cm³/mol. The monoisotopic (exact) mass is 369 g/mol. The average Bonchev–Trinajstić information content (AvgIpc) is 2.30. The summed E-state index contributed by atoms with van der Waals surface area (Å²) in [5.41, 5.74) is 4.45. The molecule has 0 aromatic rings. The molecule has 0 bridgehead atoms. The van der Waals surface area contributed by atoms with E-state index in [1.807, 2.05) is 0 Å². The van der Waals surface area contributed by atoms with E-state index >= 15 is 0 Å². The molecular weight excluding hydrogens is 341 g/mol. The van der Waals surface area contributed by atoms with Gasteiger partial charge in [-0.05, 0) is 0 Å². The SMILES string of the molecule is CC1=[C-]C(C)C(C)=C1C.C[SiH](C)[N-]C(C)(C)C.[Cl-].[Cl-].[Ti+4]. The molecule has 0 amide bonds. The van der Waals surface area contributed by atoms with Crippen LogP contribution in [-0.2, 0) is 21.7 Å². The van der Waals surface area contributed by atoms with Crippen molar-refractivity contribution in [3.8, 4) is 0 Å². The molecule has 5 heteroatoms. The van der Waals surface area contributed by atoms with Crippen molar-refractivity contribution < 1.29 is 46.5 Å². The molecule has 0 aliphatic heterocycles. The molecule has 0 radical (unpaired) electrons. The van der Waals surface area contributed by atoms with Gasteiger partial charge in [0, 0.05) is 0 Å². The van der Waals surface area contributed by atoms with Crippen LogP contribution in [0.3, 0.4) is 0 Å². The molecular formula is C15H29Cl2NSiTi. The normalized spacial score (nSPS) is 17.3. The molecule has 20 heavy (non-hydrogen) atoms. The van der Waals surface area contributed by atoms with Gasteiger partial charge in [-0.15, -0.1) is 12.5 Å². The Morgan fingerprint density at radius 3 is 1.50 bits per heavy atom. The van der Waals surface area contributed by atoms with Gasteiger partial charge in [-0.1, -0.05) is 69.5 Å². The molecule has 1 atom stereocenters. The van der Waals surface area contributed by atoms with Crippen molar-refractivity contribution in [1.82, 2.24) is 0 Å². The average molecular weight is 370 g/mol. The first-order valence-electron chi connectivity index (χ1n) is 6.54. The fraction of sp³-hybridized carbons (Fsp3) is 0.733. The van der Waals surface area contributed by atoms with Gasteiger partial charge in [-0.2, -0.15) is 11.1 Å². The summed E-state index contributed by atoms with van der Waals surface area (Å²) in [7, 11) is -0.671. The smallest absolute Gasteiger partial charge is 1.00 e. The van der Waals surface area contributed by atoms with Crippen molar-refractivity contribution in [3.05, 3.63) is 27.8 Å². The molecule has 1 unspecified atom stereocenters. The van der Waals surface area contributed by atoms with Crippen molar-refractivity contribution in [3.63, 3.8) is 0 Å². The minimum Gasteiger partial charge on any atom is -1.00 e. The Bertz CT molecular complexity index is 320. The van der Waals surface area contributed by atoms with Crippen LogP contribution in [0, 0.1) is 12.0 Å². The Morgan fingerprint density at radius 1 is 1.05 bits per heavy atom. The van der Waals surface area contributed by atoms with Gasteiger partial charge in [0.15, 0.2) is 0 Å². The van der Waals surface area contributed by atoms with E-state index in [1.54, 1.807) is 0 Å². The van der Waals surface area contributed by atoms with Gasteiger partial charge in [0.05, 0.1) is 0 Å². The number of hydrogen-bond acceptors (Lipinski definition) is 0. The second kappa shape index (κ2) is 12.5. The zero-order chi connectivity index (χ0) is 13.8. The van der Waals surface area contributed by atoms with E-state index in [4.69, 9.17) is 0 Å². The molecule has 0 heterocycles. The quantitative estimate of drug-likeness (QED) is 0.410. The number of rotatable bonds is 1. The number of nitrogens with zero attached hydrogens (tertiary/aromatic N) is 1. The standard InChI is InChI=1S/C9H13.C6H16NSi.2ClH.Ti/c1-6-5-7(2)9(4)8(6)3;1-6(2,3)7-8(4)5;;;/h6H,1-4H3;8H,1-5H3;2*1H;/q2*-1;;;+4/p-2. The van der Waals surface area contributed by atoms with Crippen LogP contribution in [0.15, 0.2) is 16.7 Å². The molecule has 1 aliphatic carbocycles. The maximum absolute atomic E-state index is 4.55. The maximum Gasteiger partial charge on any atom is 4.00 e. The van der Waals surface area contributed by atoms with E-state index in [0.29, 0.717) is 5.92 Å². The zero-order valence-corrected chi connectivity index (χ0v) is 18.6.